The van der Waals surface area contributed by atoms with Crippen LogP contribution in [0.25, 0.3) is 56.5 Å². The first-order valence-electron chi connectivity index (χ1n) is 18.8. The lowest BCUT2D eigenvalue weighted by Crippen LogP contribution is -2.09. The number of rotatable bonds is 9. The Morgan fingerprint density at radius 2 is 1.21 bits per heavy atom. The van der Waals surface area contributed by atoms with Gasteiger partial charge in [0.15, 0.2) is 0 Å². The highest BCUT2D eigenvalue weighted by atomic mass is 15.1. The van der Waals surface area contributed by atoms with Crippen molar-refractivity contribution in [3.63, 3.8) is 0 Å². The maximum atomic E-state index is 4.58. The largest absolute Gasteiger partial charge is 0.357 e. The van der Waals surface area contributed by atoms with Crippen LogP contribution in [0.2, 0.25) is 0 Å². The van der Waals surface area contributed by atoms with Gasteiger partial charge in [0, 0.05) is 39.3 Å². The number of benzene rings is 6. The molecular formula is C51H42N2. The van der Waals surface area contributed by atoms with Gasteiger partial charge < -0.3 is 9.88 Å². The van der Waals surface area contributed by atoms with Crippen LogP contribution in [0.4, 0.5) is 17.1 Å². The summed E-state index contributed by atoms with van der Waals surface area (Å²) in [6.45, 7) is 6.83. The normalized spacial score (nSPS) is 13.6. The van der Waals surface area contributed by atoms with E-state index >= 15 is 0 Å². The topological polar surface area (TPSA) is 19.0 Å². The van der Waals surface area contributed by atoms with Gasteiger partial charge in [-0.05, 0) is 106 Å². The van der Waals surface area contributed by atoms with Crippen LogP contribution >= 0.6 is 0 Å². The Kier molecular flexibility index (Phi) is 8.57. The molecule has 0 spiro atoms. The molecule has 2 heteroatoms. The number of H-pyrrole nitrogens is 1. The lowest BCUT2D eigenvalue weighted by atomic mass is 9.96. The Hall–Kier alpha value is -6.38. The van der Waals surface area contributed by atoms with Gasteiger partial charge in [0.05, 0.1) is 5.52 Å². The molecule has 0 radical (unpaired) electrons. The SMILES string of the molecule is C=C1C2=C(C=CCC2)c2ccc3c(C=Cc4ccc(N(c5ccc(-c6ccccc6)cc5)c5ccc(-c6ccccc6)cc5)cc4)c(CCC)[nH]c3c21. The molecule has 6 aromatic carbocycles. The average molecular weight is 683 g/mol. The summed E-state index contributed by atoms with van der Waals surface area (Å²) in [5.74, 6) is 0. The number of anilines is 3. The van der Waals surface area contributed by atoms with Crippen LogP contribution in [0.5, 0.6) is 0 Å². The van der Waals surface area contributed by atoms with Crippen LogP contribution in [-0.2, 0) is 6.42 Å². The zero-order chi connectivity index (χ0) is 35.7. The Bertz CT molecular complexity index is 2440. The van der Waals surface area contributed by atoms with Crippen molar-refractivity contribution in [2.24, 2.45) is 0 Å². The molecule has 0 amide bonds. The van der Waals surface area contributed by atoms with Crippen molar-refractivity contribution >= 4 is 51.3 Å². The van der Waals surface area contributed by atoms with E-state index in [0.717, 1.165) is 48.3 Å². The summed E-state index contributed by atoms with van der Waals surface area (Å²) in [7, 11) is 0. The number of hydrogen-bond donors (Lipinski definition) is 1. The van der Waals surface area contributed by atoms with E-state index in [-0.39, 0.29) is 0 Å². The molecule has 0 bridgehead atoms. The second-order valence-electron chi connectivity index (χ2n) is 14.1. The summed E-state index contributed by atoms with van der Waals surface area (Å²) >= 11 is 0. The van der Waals surface area contributed by atoms with Crippen LogP contribution < -0.4 is 4.90 Å². The number of fused-ring (bicyclic) bond motifs is 4. The minimum atomic E-state index is 1.00. The van der Waals surface area contributed by atoms with Crippen molar-refractivity contribution in [2.75, 3.05) is 4.90 Å². The molecule has 7 aromatic rings. The quantitative estimate of drug-likeness (QED) is 0.161. The standard InChI is InChI=1S/C51H42N2/c1-3-12-49-46(48-34-33-47-45-18-11-10-17-44(45)35(2)50(47)51(48)52-49)32-21-36-19-26-41(27-20-36)53(42-28-22-39(23-29-42)37-13-6-4-7-14-37)43-30-24-40(25-31-43)38-15-8-5-9-16-38/h4-9,11,13-16,18-34,52H,2-3,10,12,17H2,1H3. The molecule has 0 atom stereocenters. The molecule has 256 valence electrons. The third-order valence-corrected chi connectivity index (χ3v) is 10.8. The second kappa shape index (κ2) is 14.0. The maximum Gasteiger partial charge on any atom is 0.0548 e. The summed E-state index contributed by atoms with van der Waals surface area (Å²) in [6.07, 6.45) is 13.4. The van der Waals surface area contributed by atoms with Gasteiger partial charge in [-0.1, -0.05) is 153 Å². The van der Waals surface area contributed by atoms with Crippen molar-refractivity contribution < 1.29 is 0 Å². The Morgan fingerprint density at radius 3 is 1.79 bits per heavy atom. The fraction of sp³-hybridized carbons (Fsp3) is 0.0980. The van der Waals surface area contributed by atoms with Gasteiger partial charge in [-0.3, -0.25) is 0 Å². The highest BCUT2D eigenvalue weighted by molar-refractivity contribution is 6.11. The number of aryl methyl sites for hydroxylation is 1. The van der Waals surface area contributed by atoms with Crippen molar-refractivity contribution in [2.45, 2.75) is 32.6 Å². The van der Waals surface area contributed by atoms with Gasteiger partial charge in [-0.2, -0.15) is 0 Å². The Labute approximate surface area is 312 Å². The number of nitrogens with one attached hydrogen (secondary N) is 1. The van der Waals surface area contributed by atoms with E-state index in [1.54, 1.807) is 0 Å². The van der Waals surface area contributed by atoms with E-state index in [2.05, 4.69) is 193 Å². The van der Waals surface area contributed by atoms with Gasteiger partial charge in [0.1, 0.15) is 0 Å². The first kappa shape index (κ1) is 32.5. The van der Waals surface area contributed by atoms with E-state index in [4.69, 9.17) is 0 Å². The predicted octanol–water partition coefficient (Wildman–Crippen LogP) is 14.2. The number of hydrogen-bond acceptors (Lipinski definition) is 1. The molecule has 2 aliphatic rings. The van der Waals surface area contributed by atoms with Crippen molar-refractivity contribution in [1.82, 2.24) is 4.98 Å². The summed E-state index contributed by atoms with van der Waals surface area (Å²) < 4.78 is 0. The number of nitrogens with zero attached hydrogens (tertiary/aromatic N) is 1. The molecule has 2 nitrogen and oxygen atoms in total. The molecule has 0 saturated heterocycles. The van der Waals surface area contributed by atoms with Crippen LogP contribution in [0.15, 0.2) is 170 Å². The minimum Gasteiger partial charge on any atom is -0.357 e. The van der Waals surface area contributed by atoms with E-state index in [1.807, 2.05) is 0 Å². The third-order valence-electron chi connectivity index (χ3n) is 10.8. The van der Waals surface area contributed by atoms with Crippen molar-refractivity contribution in [3.05, 3.63) is 198 Å². The first-order chi connectivity index (χ1) is 26.2. The first-order valence-corrected chi connectivity index (χ1v) is 18.8. The smallest absolute Gasteiger partial charge is 0.0548 e. The van der Waals surface area contributed by atoms with Crippen LogP contribution in [0.3, 0.4) is 0 Å². The molecular weight excluding hydrogens is 641 g/mol. The molecule has 0 saturated carbocycles. The van der Waals surface area contributed by atoms with Gasteiger partial charge in [-0.25, -0.2) is 0 Å². The van der Waals surface area contributed by atoms with Crippen LogP contribution in [0.1, 0.15) is 54.1 Å². The number of allylic oxidation sites excluding steroid dienone is 5. The van der Waals surface area contributed by atoms with E-state index in [0.29, 0.717) is 0 Å². The zero-order valence-corrected chi connectivity index (χ0v) is 30.1. The summed E-state index contributed by atoms with van der Waals surface area (Å²) in [5, 5.41) is 1.27. The highest BCUT2D eigenvalue weighted by Gasteiger charge is 2.28. The summed E-state index contributed by atoms with van der Waals surface area (Å²) in [5.41, 5.74) is 19.7. The van der Waals surface area contributed by atoms with E-state index in [1.165, 1.54) is 72.3 Å². The molecule has 0 fully saturated rings. The maximum absolute atomic E-state index is 4.58. The molecule has 1 aromatic heterocycles. The third kappa shape index (κ3) is 6.07. The lowest BCUT2D eigenvalue weighted by Gasteiger charge is -2.26. The van der Waals surface area contributed by atoms with Gasteiger partial charge in [0.2, 0.25) is 0 Å². The predicted molar refractivity (Wildman–Crippen MR) is 228 cm³/mol. The minimum absolute atomic E-state index is 1.00. The Morgan fingerprint density at radius 1 is 0.642 bits per heavy atom. The fourth-order valence-corrected chi connectivity index (χ4v) is 8.12. The summed E-state index contributed by atoms with van der Waals surface area (Å²) in [6, 6.07) is 52.4. The molecule has 1 heterocycles. The van der Waals surface area contributed by atoms with E-state index in [9.17, 15) is 0 Å². The number of aromatic amines is 1. The molecule has 0 unspecified atom stereocenters. The second-order valence-corrected chi connectivity index (χ2v) is 14.1. The molecule has 53 heavy (non-hydrogen) atoms. The lowest BCUT2D eigenvalue weighted by molar-refractivity contribution is 0.894. The fourth-order valence-electron chi connectivity index (χ4n) is 8.12. The highest BCUT2D eigenvalue weighted by Crippen LogP contribution is 2.48. The van der Waals surface area contributed by atoms with E-state index < -0.39 is 0 Å². The van der Waals surface area contributed by atoms with Gasteiger partial charge >= 0.3 is 0 Å². The van der Waals surface area contributed by atoms with Gasteiger partial charge in [-0.15, -0.1) is 0 Å². The van der Waals surface area contributed by atoms with Crippen molar-refractivity contribution in [1.29, 1.82) is 0 Å². The molecule has 2 aliphatic carbocycles. The molecule has 1 N–H and O–H groups in total. The average Bonchev–Trinajstić information content (AvgIpc) is 3.72. The zero-order valence-electron chi connectivity index (χ0n) is 30.1. The monoisotopic (exact) mass is 682 g/mol. The Balaban J connectivity index is 1.05. The molecule has 9 rings (SSSR count). The van der Waals surface area contributed by atoms with Crippen LogP contribution in [0, 0.1) is 0 Å². The van der Waals surface area contributed by atoms with Gasteiger partial charge in [0.25, 0.3) is 0 Å². The van der Waals surface area contributed by atoms with Crippen LogP contribution in [-0.4, -0.2) is 4.98 Å². The number of aromatic nitrogens is 1. The summed E-state index contributed by atoms with van der Waals surface area (Å²) in [4.78, 5) is 6.20. The van der Waals surface area contributed by atoms with Crippen molar-refractivity contribution in [3.8, 4) is 22.3 Å². The molecule has 0 aliphatic heterocycles.